The van der Waals surface area contributed by atoms with E-state index in [0.717, 1.165) is 44.9 Å². The summed E-state index contributed by atoms with van der Waals surface area (Å²) < 4.78 is 0. The summed E-state index contributed by atoms with van der Waals surface area (Å²) in [4.78, 5) is 0. The van der Waals surface area contributed by atoms with Gasteiger partial charge in [-0.05, 0) is 68.6 Å². The van der Waals surface area contributed by atoms with Crippen LogP contribution in [-0.4, -0.2) is 34.1 Å². The molecule has 2 unspecified atom stereocenters. The fraction of sp³-hybridized carbons (Fsp3) is 0.826. The Balaban J connectivity index is 1.62. The van der Waals surface area contributed by atoms with Crippen molar-refractivity contribution in [2.75, 3.05) is 6.61 Å². The summed E-state index contributed by atoms with van der Waals surface area (Å²) in [7, 11) is 0. The fourth-order valence-electron chi connectivity index (χ4n) is 5.52. The van der Waals surface area contributed by atoms with Crippen LogP contribution in [0.25, 0.3) is 0 Å². The van der Waals surface area contributed by atoms with Gasteiger partial charge in [0.25, 0.3) is 0 Å². The molecule has 146 valence electrons. The van der Waals surface area contributed by atoms with Gasteiger partial charge in [-0.2, -0.15) is 0 Å². The Bertz CT molecular complexity index is 537. The average molecular weight is 361 g/mol. The zero-order valence-corrected chi connectivity index (χ0v) is 16.2. The van der Waals surface area contributed by atoms with E-state index in [-0.39, 0.29) is 18.6 Å². The van der Waals surface area contributed by atoms with Gasteiger partial charge >= 0.3 is 0 Å². The normalized spacial score (nSPS) is 37.4. The van der Waals surface area contributed by atoms with Crippen molar-refractivity contribution in [3.63, 3.8) is 0 Å². The molecular formula is C23H36O3. The minimum absolute atomic E-state index is 0.0107. The molecule has 26 heavy (non-hydrogen) atoms. The van der Waals surface area contributed by atoms with Crippen molar-refractivity contribution in [3.8, 4) is 11.8 Å². The number of fused-ring (bicyclic) bond motifs is 1. The number of unbranched alkanes of at least 4 members (excludes halogenated alkanes) is 2. The highest BCUT2D eigenvalue weighted by atomic mass is 16.3. The van der Waals surface area contributed by atoms with Gasteiger partial charge in [0.1, 0.15) is 6.10 Å². The van der Waals surface area contributed by atoms with Crippen LogP contribution in [0.1, 0.15) is 71.1 Å². The van der Waals surface area contributed by atoms with Gasteiger partial charge in [-0.3, -0.25) is 0 Å². The predicted molar refractivity (Wildman–Crippen MR) is 104 cm³/mol. The number of hydrogen-bond acceptors (Lipinski definition) is 3. The van der Waals surface area contributed by atoms with Gasteiger partial charge in [-0.25, -0.2) is 0 Å². The van der Waals surface area contributed by atoms with Crippen LogP contribution in [0, 0.1) is 41.4 Å². The second-order valence-electron chi connectivity index (χ2n) is 8.70. The number of hydrogen-bond donors (Lipinski definition) is 3. The van der Waals surface area contributed by atoms with E-state index in [1.165, 1.54) is 19.3 Å². The fourth-order valence-corrected chi connectivity index (χ4v) is 5.52. The third-order valence-electron chi connectivity index (χ3n) is 7.09. The molecular weight excluding hydrogens is 324 g/mol. The van der Waals surface area contributed by atoms with Crippen molar-refractivity contribution in [1.29, 1.82) is 0 Å². The first-order valence-corrected chi connectivity index (χ1v) is 10.8. The van der Waals surface area contributed by atoms with E-state index in [2.05, 4.69) is 24.8 Å². The van der Waals surface area contributed by atoms with E-state index in [9.17, 15) is 10.2 Å². The second-order valence-corrected chi connectivity index (χ2v) is 8.70. The molecule has 0 aliphatic heterocycles. The van der Waals surface area contributed by atoms with E-state index < -0.39 is 6.10 Å². The van der Waals surface area contributed by atoms with Crippen molar-refractivity contribution in [2.45, 2.75) is 83.3 Å². The van der Waals surface area contributed by atoms with Crippen LogP contribution >= 0.6 is 0 Å². The smallest absolute Gasteiger partial charge is 0.117 e. The summed E-state index contributed by atoms with van der Waals surface area (Å²) in [5.41, 5.74) is 1.54. The zero-order valence-electron chi connectivity index (χ0n) is 16.2. The Hall–Kier alpha value is -0.820. The molecule has 6 atom stereocenters. The molecule has 0 aromatic rings. The molecule has 3 saturated carbocycles. The van der Waals surface area contributed by atoms with Crippen LogP contribution in [-0.2, 0) is 0 Å². The van der Waals surface area contributed by atoms with E-state index in [1.807, 2.05) is 0 Å². The van der Waals surface area contributed by atoms with Crippen molar-refractivity contribution in [3.05, 3.63) is 11.6 Å². The Kier molecular flexibility index (Phi) is 7.20. The van der Waals surface area contributed by atoms with Gasteiger partial charge in [-0.15, -0.1) is 0 Å². The molecule has 3 heteroatoms. The Labute approximate surface area is 158 Å². The van der Waals surface area contributed by atoms with Gasteiger partial charge in [0.15, 0.2) is 0 Å². The van der Waals surface area contributed by atoms with Gasteiger partial charge in [0, 0.05) is 6.61 Å². The summed E-state index contributed by atoms with van der Waals surface area (Å²) >= 11 is 0. The van der Waals surface area contributed by atoms with Crippen molar-refractivity contribution in [2.24, 2.45) is 29.6 Å². The summed E-state index contributed by atoms with van der Waals surface area (Å²) in [6.07, 6.45) is 12.2. The Morgan fingerprint density at radius 1 is 1.12 bits per heavy atom. The Morgan fingerprint density at radius 2 is 1.88 bits per heavy atom. The monoisotopic (exact) mass is 360 g/mol. The van der Waals surface area contributed by atoms with Gasteiger partial charge < -0.3 is 15.3 Å². The zero-order chi connectivity index (χ0) is 18.5. The molecule has 0 spiro atoms. The van der Waals surface area contributed by atoms with Gasteiger partial charge in [0.2, 0.25) is 0 Å². The minimum Gasteiger partial charge on any atom is -0.396 e. The summed E-state index contributed by atoms with van der Waals surface area (Å²) in [6, 6.07) is 0. The number of rotatable bonds is 5. The summed E-state index contributed by atoms with van der Waals surface area (Å²) in [6.45, 7) is 2.54. The Morgan fingerprint density at radius 3 is 2.62 bits per heavy atom. The molecule has 3 nitrogen and oxygen atoms in total. The lowest BCUT2D eigenvalue weighted by Gasteiger charge is -2.53. The van der Waals surface area contributed by atoms with Crippen molar-refractivity contribution >= 4 is 0 Å². The number of allylic oxidation sites excluding steroid dienone is 2. The molecule has 0 bridgehead atoms. The van der Waals surface area contributed by atoms with Crippen molar-refractivity contribution < 1.29 is 15.3 Å². The quantitative estimate of drug-likeness (QED) is 0.398. The molecule has 0 amide bonds. The van der Waals surface area contributed by atoms with Crippen molar-refractivity contribution in [1.82, 2.24) is 0 Å². The van der Waals surface area contributed by atoms with Crippen LogP contribution in [0.3, 0.4) is 0 Å². The van der Waals surface area contributed by atoms with Crippen LogP contribution in [0.5, 0.6) is 0 Å². The first kappa shape index (κ1) is 19.9. The minimum atomic E-state index is -0.522. The van der Waals surface area contributed by atoms with Crippen LogP contribution in [0.4, 0.5) is 0 Å². The highest BCUT2D eigenvalue weighted by Crippen LogP contribution is 2.55. The molecule has 3 rings (SSSR count). The molecule has 3 fully saturated rings. The maximum Gasteiger partial charge on any atom is 0.117 e. The van der Waals surface area contributed by atoms with Crippen LogP contribution in [0.2, 0.25) is 0 Å². The lowest BCUT2D eigenvalue weighted by molar-refractivity contribution is -0.0140. The molecule has 0 radical (unpaired) electrons. The van der Waals surface area contributed by atoms with Gasteiger partial charge in [0.05, 0.1) is 12.0 Å². The molecule has 0 saturated heterocycles. The molecule has 0 aromatic carbocycles. The average Bonchev–Trinajstić information content (AvgIpc) is 2.67. The standard InChI is InChI=1S/C23H36O3/c1-16-18(10-6-3-7-15-24)19-11-14-22(26)20(23(16)19)12-13-21(25)17-8-4-2-5-9-17/h10,16-17,19-26H,2-9,11,14-15H2,1H3/t16?,19-,20+,21?,22-,23+/m1/s1. The summed E-state index contributed by atoms with van der Waals surface area (Å²) in [5, 5.41) is 29.9. The number of aliphatic hydroxyl groups is 3. The van der Waals surface area contributed by atoms with E-state index >= 15 is 0 Å². The first-order valence-electron chi connectivity index (χ1n) is 10.8. The lowest BCUT2D eigenvalue weighted by atomic mass is 9.51. The first-order chi connectivity index (χ1) is 12.6. The van der Waals surface area contributed by atoms with E-state index in [1.54, 1.807) is 5.57 Å². The largest absolute Gasteiger partial charge is 0.396 e. The molecule has 0 heterocycles. The SMILES string of the molecule is CC1C(=CCCCCO)[C@H]2CC[C@@H](O)[C@H](C#CC(O)C3CCCCC3)[C@@H]12. The van der Waals surface area contributed by atoms with Crippen LogP contribution < -0.4 is 0 Å². The molecule has 3 aliphatic carbocycles. The highest BCUT2D eigenvalue weighted by Gasteiger charge is 2.50. The number of aliphatic hydroxyl groups excluding tert-OH is 3. The van der Waals surface area contributed by atoms with Gasteiger partial charge in [-0.1, -0.05) is 49.7 Å². The predicted octanol–water partition coefficient (Wildman–Crippen LogP) is 3.67. The second kappa shape index (κ2) is 9.40. The third-order valence-corrected chi connectivity index (χ3v) is 7.09. The highest BCUT2D eigenvalue weighted by molar-refractivity contribution is 5.29. The molecule has 3 N–H and O–H groups in total. The third kappa shape index (κ3) is 4.35. The van der Waals surface area contributed by atoms with E-state index in [0.29, 0.717) is 23.7 Å². The molecule has 0 aromatic heterocycles. The van der Waals surface area contributed by atoms with Crippen LogP contribution in [0.15, 0.2) is 11.6 Å². The maximum atomic E-state index is 10.5. The molecule has 3 aliphatic rings. The van der Waals surface area contributed by atoms with E-state index in [4.69, 9.17) is 5.11 Å². The summed E-state index contributed by atoms with van der Waals surface area (Å²) in [5.74, 6) is 8.27. The lowest BCUT2D eigenvalue weighted by Crippen LogP contribution is -2.50. The maximum absolute atomic E-state index is 10.5. The topological polar surface area (TPSA) is 60.7 Å².